The summed E-state index contributed by atoms with van der Waals surface area (Å²) >= 11 is 0. The van der Waals surface area contributed by atoms with Gasteiger partial charge in [0.1, 0.15) is 17.4 Å². The highest BCUT2D eigenvalue weighted by molar-refractivity contribution is 5.78. The van der Waals surface area contributed by atoms with Crippen molar-refractivity contribution in [1.29, 1.82) is 0 Å². The molecule has 0 bridgehead atoms. The Labute approximate surface area is 124 Å². The summed E-state index contributed by atoms with van der Waals surface area (Å²) in [5.74, 6) is 0.956. The number of furan rings is 1. The van der Waals surface area contributed by atoms with Crippen molar-refractivity contribution in [3.63, 3.8) is 0 Å². The van der Waals surface area contributed by atoms with E-state index in [1.165, 1.54) is 12.0 Å². The average molecular weight is 286 g/mol. The molecule has 2 atom stereocenters. The molecule has 4 rings (SSSR count). The molecule has 2 fully saturated rings. The van der Waals surface area contributed by atoms with Crippen LogP contribution < -0.4 is 0 Å². The van der Waals surface area contributed by atoms with Gasteiger partial charge in [0.05, 0.1) is 5.60 Å². The largest absolute Gasteiger partial charge is 0.458 e. The molecule has 2 unspecified atom stereocenters. The number of hydrogen-bond donors (Lipinski definition) is 1. The SMILES string of the molecule is Cc1ccc2oc(C(O)C3CCOC4(CCC4)C3)cc2c1. The fourth-order valence-corrected chi connectivity index (χ4v) is 3.82. The molecule has 0 amide bonds. The van der Waals surface area contributed by atoms with Crippen molar-refractivity contribution in [1.82, 2.24) is 0 Å². The van der Waals surface area contributed by atoms with Gasteiger partial charge in [0.2, 0.25) is 0 Å². The molecule has 21 heavy (non-hydrogen) atoms. The van der Waals surface area contributed by atoms with Gasteiger partial charge >= 0.3 is 0 Å². The monoisotopic (exact) mass is 286 g/mol. The highest BCUT2D eigenvalue weighted by Crippen LogP contribution is 2.47. The first-order valence-corrected chi connectivity index (χ1v) is 7.97. The van der Waals surface area contributed by atoms with Crippen LogP contribution in [0.5, 0.6) is 0 Å². The number of hydrogen-bond acceptors (Lipinski definition) is 3. The second kappa shape index (κ2) is 4.85. The van der Waals surface area contributed by atoms with Crippen molar-refractivity contribution in [2.75, 3.05) is 6.61 Å². The Bertz CT molecular complexity index is 654. The molecule has 112 valence electrons. The average Bonchev–Trinajstić information content (AvgIpc) is 2.88. The Balaban J connectivity index is 1.58. The highest BCUT2D eigenvalue weighted by Gasteiger charge is 2.44. The molecular formula is C18H22O3. The van der Waals surface area contributed by atoms with Crippen LogP contribution >= 0.6 is 0 Å². The summed E-state index contributed by atoms with van der Waals surface area (Å²) in [5.41, 5.74) is 2.14. The Kier molecular flexibility index (Phi) is 3.09. The summed E-state index contributed by atoms with van der Waals surface area (Å²) in [4.78, 5) is 0. The molecule has 0 radical (unpaired) electrons. The van der Waals surface area contributed by atoms with Crippen LogP contribution in [0.2, 0.25) is 0 Å². The minimum atomic E-state index is -0.515. The minimum absolute atomic E-state index is 0.0620. The maximum absolute atomic E-state index is 10.7. The smallest absolute Gasteiger partial charge is 0.134 e. The first-order chi connectivity index (χ1) is 10.2. The van der Waals surface area contributed by atoms with Crippen molar-refractivity contribution in [2.45, 2.75) is 50.7 Å². The zero-order valence-electron chi connectivity index (χ0n) is 12.5. The second-order valence-electron chi connectivity index (χ2n) is 6.77. The van der Waals surface area contributed by atoms with E-state index in [0.29, 0.717) is 5.76 Å². The Morgan fingerprint density at radius 3 is 2.90 bits per heavy atom. The molecule has 2 aliphatic rings. The van der Waals surface area contributed by atoms with Crippen molar-refractivity contribution < 1.29 is 14.3 Å². The summed E-state index contributed by atoms with van der Waals surface area (Å²) in [5, 5.41) is 11.8. The Morgan fingerprint density at radius 1 is 1.29 bits per heavy atom. The van der Waals surface area contributed by atoms with Crippen LogP contribution in [0.3, 0.4) is 0 Å². The minimum Gasteiger partial charge on any atom is -0.458 e. The van der Waals surface area contributed by atoms with Crippen LogP contribution in [0.1, 0.15) is 49.5 Å². The highest BCUT2D eigenvalue weighted by atomic mass is 16.5. The number of fused-ring (bicyclic) bond motifs is 1. The summed E-state index contributed by atoms with van der Waals surface area (Å²) in [6.45, 7) is 2.84. The summed E-state index contributed by atoms with van der Waals surface area (Å²) in [6, 6.07) is 8.13. The number of aliphatic hydroxyl groups is 1. The predicted molar refractivity (Wildman–Crippen MR) is 81.2 cm³/mol. The van der Waals surface area contributed by atoms with Crippen LogP contribution in [0.4, 0.5) is 0 Å². The van der Waals surface area contributed by atoms with E-state index in [0.717, 1.165) is 43.3 Å². The van der Waals surface area contributed by atoms with E-state index in [-0.39, 0.29) is 11.5 Å². The molecule has 3 heteroatoms. The van der Waals surface area contributed by atoms with Gasteiger partial charge in [0, 0.05) is 12.0 Å². The third-order valence-corrected chi connectivity index (χ3v) is 5.22. The van der Waals surface area contributed by atoms with E-state index < -0.39 is 6.10 Å². The first-order valence-electron chi connectivity index (χ1n) is 7.97. The Hall–Kier alpha value is -1.32. The fraction of sp³-hybridized carbons (Fsp3) is 0.556. The predicted octanol–water partition coefficient (Wildman–Crippen LogP) is 4.12. The lowest BCUT2D eigenvalue weighted by atomic mass is 9.70. The van der Waals surface area contributed by atoms with E-state index in [9.17, 15) is 5.11 Å². The normalized spacial score (nSPS) is 25.9. The summed E-state index contributed by atoms with van der Waals surface area (Å²) in [6.07, 6.45) is 4.92. The van der Waals surface area contributed by atoms with Crippen molar-refractivity contribution in [2.24, 2.45) is 5.92 Å². The molecule has 1 aromatic carbocycles. The molecule has 1 aliphatic heterocycles. The topological polar surface area (TPSA) is 42.6 Å². The van der Waals surface area contributed by atoms with Crippen molar-refractivity contribution in [3.8, 4) is 0 Å². The maximum Gasteiger partial charge on any atom is 0.134 e. The van der Waals surface area contributed by atoms with Gasteiger partial charge < -0.3 is 14.3 Å². The lowest BCUT2D eigenvalue weighted by Crippen LogP contribution is -2.46. The molecule has 3 nitrogen and oxygen atoms in total. The van der Waals surface area contributed by atoms with Crippen molar-refractivity contribution >= 4 is 11.0 Å². The molecule has 2 heterocycles. The zero-order chi connectivity index (χ0) is 14.4. The number of aliphatic hydroxyl groups excluding tert-OH is 1. The summed E-state index contributed by atoms with van der Waals surface area (Å²) < 4.78 is 11.8. The van der Waals surface area contributed by atoms with E-state index in [1.54, 1.807) is 0 Å². The van der Waals surface area contributed by atoms with Crippen LogP contribution in [0, 0.1) is 12.8 Å². The zero-order valence-corrected chi connectivity index (χ0v) is 12.5. The molecule has 1 spiro atoms. The van der Waals surface area contributed by atoms with Gasteiger partial charge in [-0.25, -0.2) is 0 Å². The van der Waals surface area contributed by atoms with E-state index in [2.05, 4.69) is 13.0 Å². The van der Waals surface area contributed by atoms with Gasteiger partial charge in [-0.1, -0.05) is 11.6 Å². The van der Waals surface area contributed by atoms with E-state index in [1.807, 2.05) is 18.2 Å². The van der Waals surface area contributed by atoms with E-state index in [4.69, 9.17) is 9.15 Å². The van der Waals surface area contributed by atoms with Gasteiger partial charge in [-0.3, -0.25) is 0 Å². The van der Waals surface area contributed by atoms with Gasteiger partial charge in [0.25, 0.3) is 0 Å². The lowest BCUT2D eigenvalue weighted by molar-refractivity contribution is -0.158. The third-order valence-electron chi connectivity index (χ3n) is 5.22. The molecule has 1 N–H and O–H groups in total. The Morgan fingerprint density at radius 2 is 2.14 bits per heavy atom. The number of benzene rings is 1. The number of aryl methyl sites for hydroxylation is 1. The molecular weight excluding hydrogens is 264 g/mol. The van der Waals surface area contributed by atoms with Crippen molar-refractivity contribution in [3.05, 3.63) is 35.6 Å². The number of ether oxygens (including phenoxy) is 1. The third kappa shape index (κ3) is 2.29. The lowest BCUT2D eigenvalue weighted by Gasteiger charge is -2.47. The van der Waals surface area contributed by atoms with Crippen LogP contribution in [0.15, 0.2) is 28.7 Å². The van der Waals surface area contributed by atoms with Crippen LogP contribution in [-0.2, 0) is 4.74 Å². The maximum atomic E-state index is 10.7. The summed E-state index contributed by atoms with van der Waals surface area (Å²) in [7, 11) is 0. The molecule has 1 saturated heterocycles. The molecule has 2 aromatic rings. The molecule has 1 saturated carbocycles. The van der Waals surface area contributed by atoms with Gasteiger partial charge in [-0.15, -0.1) is 0 Å². The van der Waals surface area contributed by atoms with Gasteiger partial charge in [-0.05, 0) is 63.1 Å². The van der Waals surface area contributed by atoms with Gasteiger partial charge in [0.15, 0.2) is 0 Å². The standard InChI is InChI=1S/C18H22O3/c1-12-3-4-15-14(9-12)10-16(21-15)17(19)13-5-8-20-18(11-13)6-2-7-18/h3-4,9-10,13,17,19H,2,5-8,11H2,1H3. The van der Waals surface area contributed by atoms with E-state index >= 15 is 0 Å². The molecule has 1 aliphatic carbocycles. The molecule has 1 aromatic heterocycles. The van der Waals surface area contributed by atoms with Crippen LogP contribution in [0.25, 0.3) is 11.0 Å². The first kappa shape index (κ1) is 13.4. The fourth-order valence-electron chi connectivity index (χ4n) is 3.82. The second-order valence-corrected chi connectivity index (χ2v) is 6.77. The van der Waals surface area contributed by atoms with Crippen LogP contribution in [-0.4, -0.2) is 17.3 Å². The quantitative estimate of drug-likeness (QED) is 0.903. The number of rotatable bonds is 2. The van der Waals surface area contributed by atoms with Gasteiger partial charge in [-0.2, -0.15) is 0 Å².